The Bertz CT molecular complexity index is 726. The first-order valence-corrected chi connectivity index (χ1v) is 9.35. The zero-order valence-electron chi connectivity index (χ0n) is 15.8. The average Bonchev–Trinajstić information content (AvgIpc) is 3.11. The molecule has 1 aromatic carbocycles. The van der Waals surface area contributed by atoms with E-state index in [-0.39, 0.29) is 5.50 Å². The highest BCUT2D eigenvalue weighted by molar-refractivity contribution is 7.98. The van der Waals surface area contributed by atoms with Gasteiger partial charge in [0.15, 0.2) is 5.50 Å². The molecule has 0 radical (unpaired) electrons. The van der Waals surface area contributed by atoms with Gasteiger partial charge in [-0.1, -0.05) is 36.4 Å². The van der Waals surface area contributed by atoms with Gasteiger partial charge in [0.25, 0.3) is 0 Å². The van der Waals surface area contributed by atoms with Crippen LogP contribution in [0.5, 0.6) is 11.5 Å². The number of benzene rings is 1. The lowest BCUT2D eigenvalue weighted by atomic mass is 10.1. The van der Waals surface area contributed by atoms with Crippen LogP contribution < -0.4 is 19.5 Å². The number of aliphatic imine (C=N–C) groups is 1. The smallest absolute Gasteiger partial charge is 0.168 e. The Kier molecular flexibility index (Phi) is 7.81. The second kappa shape index (κ2) is 10.1. The quantitative estimate of drug-likeness (QED) is 0.502. The molecule has 1 aliphatic rings. The van der Waals surface area contributed by atoms with Crippen molar-refractivity contribution in [2.45, 2.75) is 32.3 Å². The third kappa shape index (κ3) is 5.97. The lowest BCUT2D eigenvalue weighted by Gasteiger charge is -2.12. The van der Waals surface area contributed by atoms with Crippen molar-refractivity contribution in [3.05, 3.63) is 59.7 Å². The average molecular weight is 374 g/mol. The van der Waals surface area contributed by atoms with Crippen molar-refractivity contribution >= 4 is 17.8 Å². The summed E-state index contributed by atoms with van der Waals surface area (Å²) in [5.74, 6) is 2.51. The van der Waals surface area contributed by atoms with Crippen LogP contribution in [0.3, 0.4) is 0 Å². The van der Waals surface area contributed by atoms with E-state index in [1.165, 1.54) is 5.57 Å². The van der Waals surface area contributed by atoms with E-state index in [0.29, 0.717) is 13.0 Å². The highest BCUT2D eigenvalue weighted by Crippen LogP contribution is 2.25. The van der Waals surface area contributed by atoms with Gasteiger partial charge in [-0.15, -0.1) is 0 Å². The van der Waals surface area contributed by atoms with E-state index in [9.17, 15) is 0 Å². The number of rotatable bonds is 9. The fourth-order valence-corrected chi connectivity index (χ4v) is 3.02. The summed E-state index contributed by atoms with van der Waals surface area (Å²) in [5.41, 5.74) is 3.27. The van der Waals surface area contributed by atoms with Gasteiger partial charge in [0.2, 0.25) is 0 Å². The summed E-state index contributed by atoms with van der Waals surface area (Å²) in [5, 5.41) is 3.41. The molecule has 0 amide bonds. The Morgan fingerprint density at radius 2 is 2.15 bits per heavy atom. The van der Waals surface area contributed by atoms with Gasteiger partial charge in [0.1, 0.15) is 17.3 Å². The normalized spacial score (nSPS) is 17.2. The number of hydrogen-bond acceptors (Lipinski definition) is 6. The van der Waals surface area contributed by atoms with Crippen LogP contribution in [0, 0.1) is 0 Å². The molecule has 1 atom stereocenters. The third-order valence-electron chi connectivity index (χ3n) is 3.95. The first-order valence-electron chi connectivity index (χ1n) is 8.47. The fourth-order valence-electron chi connectivity index (χ4n) is 2.30. The topological polar surface area (TPSA) is 54.9 Å². The molecule has 6 heteroatoms. The van der Waals surface area contributed by atoms with Crippen LogP contribution in [0.15, 0.2) is 59.1 Å². The molecule has 0 spiro atoms. The first kappa shape index (κ1) is 20.1. The molecule has 1 aliphatic heterocycles. The lowest BCUT2D eigenvalue weighted by Crippen LogP contribution is -2.22. The molecule has 1 unspecified atom stereocenters. The van der Waals surface area contributed by atoms with Gasteiger partial charge >= 0.3 is 0 Å². The van der Waals surface area contributed by atoms with Gasteiger partial charge in [0, 0.05) is 24.6 Å². The van der Waals surface area contributed by atoms with Crippen molar-refractivity contribution in [3.8, 4) is 11.5 Å². The summed E-state index contributed by atoms with van der Waals surface area (Å²) < 4.78 is 13.9. The molecule has 2 N–H and O–H groups in total. The standard InChI is InChI=1S/C20H27N3O2S/c1-6-14(2)7-8-15(3)11-19-22-20(26-23-19)21-13-16-9-10-17(24-4)12-18(16)25-5/h6-10,12,20-21H,3,11,13H2,1-2,4-5H3,(H,22,23)/b8-7-,14-6-. The molecule has 26 heavy (non-hydrogen) atoms. The molecule has 0 saturated heterocycles. The van der Waals surface area contributed by atoms with Crippen molar-refractivity contribution in [1.29, 1.82) is 0 Å². The SMILES string of the molecule is C=C(/C=C\C(C)=C/C)CC1=NC(NCc2ccc(OC)cc2OC)SN1. The molecule has 5 nitrogen and oxygen atoms in total. The van der Waals surface area contributed by atoms with E-state index >= 15 is 0 Å². The summed E-state index contributed by atoms with van der Waals surface area (Å²) in [6.45, 7) is 8.84. The fraction of sp³-hybridized carbons (Fsp3) is 0.350. The summed E-state index contributed by atoms with van der Waals surface area (Å²) in [6, 6.07) is 5.81. The Hall–Kier alpha value is -2.18. The van der Waals surface area contributed by atoms with Crippen LogP contribution in [0.2, 0.25) is 0 Å². The minimum Gasteiger partial charge on any atom is -0.497 e. The number of amidine groups is 1. The minimum atomic E-state index is -0.0362. The molecule has 0 fully saturated rings. The molecular weight excluding hydrogens is 346 g/mol. The van der Waals surface area contributed by atoms with Gasteiger partial charge in [-0.25, -0.2) is 4.99 Å². The lowest BCUT2D eigenvalue weighted by molar-refractivity contribution is 0.389. The maximum Gasteiger partial charge on any atom is 0.168 e. The van der Waals surface area contributed by atoms with Crippen LogP contribution >= 0.6 is 11.9 Å². The summed E-state index contributed by atoms with van der Waals surface area (Å²) in [4.78, 5) is 4.66. The van der Waals surface area contributed by atoms with Crippen LogP contribution in [0.1, 0.15) is 25.8 Å². The Morgan fingerprint density at radius 3 is 2.85 bits per heavy atom. The predicted octanol–water partition coefficient (Wildman–Crippen LogP) is 4.20. The van der Waals surface area contributed by atoms with Crippen LogP contribution in [0.25, 0.3) is 0 Å². The zero-order valence-corrected chi connectivity index (χ0v) is 16.7. The molecule has 140 valence electrons. The van der Waals surface area contributed by atoms with Crippen molar-refractivity contribution in [2.75, 3.05) is 14.2 Å². The van der Waals surface area contributed by atoms with Gasteiger partial charge in [-0.3, -0.25) is 5.32 Å². The molecule has 1 heterocycles. The van der Waals surface area contributed by atoms with Crippen LogP contribution in [-0.4, -0.2) is 25.6 Å². The highest BCUT2D eigenvalue weighted by atomic mass is 32.2. The van der Waals surface area contributed by atoms with Crippen molar-refractivity contribution in [2.24, 2.45) is 4.99 Å². The molecule has 1 aromatic rings. The molecule has 0 bridgehead atoms. The third-order valence-corrected chi connectivity index (χ3v) is 4.80. The number of ether oxygens (including phenoxy) is 2. The van der Waals surface area contributed by atoms with Crippen LogP contribution in [0.4, 0.5) is 0 Å². The van der Waals surface area contributed by atoms with E-state index in [1.54, 1.807) is 26.2 Å². The van der Waals surface area contributed by atoms with E-state index in [2.05, 4.69) is 40.7 Å². The van der Waals surface area contributed by atoms with E-state index in [0.717, 1.165) is 28.5 Å². The van der Waals surface area contributed by atoms with Gasteiger partial charge in [-0.2, -0.15) is 0 Å². The van der Waals surface area contributed by atoms with Crippen LogP contribution in [-0.2, 0) is 6.54 Å². The number of nitrogens with one attached hydrogen (secondary N) is 2. The second-order valence-corrected chi connectivity index (χ2v) is 6.79. The number of methoxy groups -OCH3 is 2. The minimum absolute atomic E-state index is 0.0362. The number of nitrogens with zero attached hydrogens (tertiary/aromatic N) is 1. The summed E-state index contributed by atoms with van der Waals surface area (Å²) in [7, 11) is 3.31. The highest BCUT2D eigenvalue weighted by Gasteiger charge is 2.18. The Balaban J connectivity index is 1.88. The Labute approximate surface area is 160 Å². The first-order chi connectivity index (χ1) is 12.5. The van der Waals surface area contributed by atoms with E-state index in [4.69, 9.17) is 9.47 Å². The maximum atomic E-state index is 5.43. The van der Waals surface area contributed by atoms with Gasteiger partial charge in [-0.05, 0) is 37.4 Å². The second-order valence-electron chi connectivity index (χ2n) is 5.91. The largest absolute Gasteiger partial charge is 0.497 e. The van der Waals surface area contributed by atoms with Crippen molar-refractivity contribution in [1.82, 2.24) is 10.0 Å². The number of allylic oxidation sites excluding steroid dienone is 4. The molecule has 2 rings (SSSR count). The molecular formula is C20H27N3O2S. The molecule has 0 saturated carbocycles. The zero-order chi connectivity index (χ0) is 18.9. The molecule has 0 aromatic heterocycles. The van der Waals surface area contributed by atoms with E-state index in [1.807, 2.05) is 31.2 Å². The van der Waals surface area contributed by atoms with Crippen molar-refractivity contribution in [3.63, 3.8) is 0 Å². The van der Waals surface area contributed by atoms with Gasteiger partial charge < -0.3 is 14.2 Å². The number of hydrogen-bond donors (Lipinski definition) is 2. The van der Waals surface area contributed by atoms with Gasteiger partial charge in [0.05, 0.1) is 14.2 Å². The molecule has 0 aliphatic carbocycles. The predicted molar refractivity (Wildman–Crippen MR) is 111 cm³/mol. The summed E-state index contributed by atoms with van der Waals surface area (Å²) in [6.07, 6.45) is 6.88. The summed E-state index contributed by atoms with van der Waals surface area (Å²) >= 11 is 1.55. The monoisotopic (exact) mass is 373 g/mol. The Morgan fingerprint density at radius 1 is 1.35 bits per heavy atom. The van der Waals surface area contributed by atoms with E-state index < -0.39 is 0 Å². The maximum absolute atomic E-state index is 5.43. The van der Waals surface area contributed by atoms with Crippen molar-refractivity contribution < 1.29 is 9.47 Å².